The van der Waals surface area contributed by atoms with Crippen molar-refractivity contribution in [1.29, 1.82) is 0 Å². The van der Waals surface area contributed by atoms with Crippen molar-refractivity contribution in [2.45, 2.75) is 94.4 Å². The van der Waals surface area contributed by atoms with E-state index in [1.54, 1.807) is 24.3 Å². The molecule has 29 heteroatoms. The topological polar surface area (TPSA) is 269 Å². The molecule has 5 aliphatic rings. The van der Waals surface area contributed by atoms with Gasteiger partial charge in [-0.3, -0.25) is 5.84 Å². The summed E-state index contributed by atoms with van der Waals surface area (Å²) in [5.41, 5.74) is 6.71. The molecule has 5 heterocycles. The zero-order chi connectivity index (χ0) is 58.9. The lowest BCUT2D eigenvalue weighted by Gasteiger charge is -2.35. The Hall–Kier alpha value is -6.65. The molecule has 9 N–H and O–H groups in total. The molecule has 82 heavy (non-hydrogen) atoms. The lowest BCUT2D eigenvalue weighted by Crippen LogP contribution is -2.44. The summed E-state index contributed by atoms with van der Waals surface area (Å²) >= 11 is 17.1. The Bertz CT molecular complexity index is 2970. The van der Waals surface area contributed by atoms with Crippen LogP contribution in [-0.4, -0.2) is 166 Å². The predicted octanol–water partition coefficient (Wildman–Crippen LogP) is 8.92. The van der Waals surface area contributed by atoms with E-state index in [9.17, 15) is 13.2 Å². The van der Waals surface area contributed by atoms with Gasteiger partial charge in [0.25, 0.3) is 0 Å². The number of benzene rings is 3. The van der Waals surface area contributed by atoms with Crippen molar-refractivity contribution in [3.8, 4) is 17.2 Å². The summed E-state index contributed by atoms with van der Waals surface area (Å²) in [6, 6.07) is 15.9. The van der Waals surface area contributed by atoms with Crippen LogP contribution in [0.2, 0.25) is 15.9 Å². The number of halogens is 6. The quantitative estimate of drug-likeness (QED) is 0.0352. The third-order valence-corrected chi connectivity index (χ3v) is 13.8. The van der Waals surface area contributed by atoms with E-state index in [1.807, 2.05) is 19.1 Å². The molecule has 23 nitrogen and oxygen atoms in total. The van der Waals surface area contributed by atoms with Crippen molar-refractivity contribution >= 4 is 87.6 Å². The van der Waals surface area contributed by atoms with Gasteiger partial charge in [0, 0.05) is 79.6 Å². The van der Waals surface area contributed by atoms with Gasteiger partial charge in [0.1, 0.15) is 0 Å². The van der Waals surface area contributed by atoms with Gasteiger partial charge in [0.15, 0.2) is 34.7 Å². The van der Waals surface area contributed by atoms with Crippen molar-refractivity contribution < 1.29 is 27.4 Å². The van der Waals surface area contributed by atoms with Gasteiger partial charge in [0.05, 0.1) is 21.3 Å². The SMILES string of the molecule is CN1CCC(N(C)N)CC1.COc1ccc(Nc2nc(Cl)nc(Cl)n2)cc1F.COc1ccc(Nc2nc(Cl)nc(NC3CC3)n2)cc1F.COc1ccc(Nc2nc(NC3CC3)nc(N(C)C3CCN(C)CC3)n2)cc1F.NC1CC1. The van der Waals surface area contributed by atoms with E-state index >= 15 is 0 Å². The predicted molar refractivity (Wildman–Crippen MR) is 315 cm³/mol. The Morgan fingerprint density at radius 1 is 0.488 bits per heavy atom. The standard InChI is InChI=1S/C20H28FN7O.C13H13ClFN5O.C10H7Cl2FN4O.C7H17N3.C3H7N/c1-27-10-8-15(9-11-27)28(2)20-25-18(22-13-4-5-13)24-19(26-20)23-14-6-7-17(29-3)16(21)12-14;1-21-10-5-4-8(6-9(10)15)17-13-19-11(14)18-12(20-13)16-7-2-3-7;1-18-7-3-2-5(4-6(7)13)14-10-16-8(11)15-9(12)17-10;1-9-5-3-7(4-6-9)10(2)8;4-3-1-2-3/h6-7,12-13,15H,4-5,8-11H2,1-3H3,(H2,22,23,24,25,26);4-7H,2-3H2,1H3,(H2,16,17,18,19,20);2-4H,1H3,(H,14,15,16,17);7H,3-6,8H2,1-2H3;3H,1-2,4H2. The van der Waals surface area contributed by atoms with Crippen molar-refractivity contribution in [1.82, 2.24) is 59.7 Å². The first-order valence-corrected chi connectivity index (χ1v) is 27.9. The highest BCUT2D eigenvalue weighted by molar-refractivity contribution is 6.31. The first kappa shape index (κ1) is 62.9. The van der Waals surface area contributed by atoms with Gasteiger partial charge < -0.3 is 61.2 Å². The van der Waals surface area contributed by atoms with Crippen LogP contribution in [0.1, 0.15) is 64.2 Å². The average Bonchev–Trinajstić information content (AvgIpc) is 4.43. The zero-order valence-corrected chi connectivity index (χ0v) is 49.2. The Morgan fingerprint density at radius 2 is 0.817 bits per heavy atom. The Morgan fingerprint density at radius 3 is 1.17 bits per heavy atom. The highest BCUT2D eigenvalue weighted by atomic mass is 35.5. The zero-order valence-electron chi connectivity index (χ0n) is 46.9. The van der Waals surface area contributed by atoms with Crippen LogP contribution in [0.3, 0.4) is 0 Å². The Labute approximate surface area is 490 Å². The summed E-state index contributed by atoms with van der Waals surface area (Å²) < 4.78 is 55.8. The molecule has 0 atom stereocenters. The number of likely N-dealkylation sites (tertiary alicyclic amines) is 2. The van der Waals surface area contributed by atoms with E-state index in [-0.39, 0.29) is 45.0 Å². The van der Waals surface area contributed by atoms with E-state index in [1.165, 1.54) is 90.4 Å². The van der Waals surface area contributed by atoms with E-state index in [0.717, 1.165) is 51.6 Å². The van der Waals surface area contributed by atoms with Crippen LogP contribution in [0.4, 0.5) is 65.9 Å². The molecule has 0 radical (unpaired) electrons. The van der Waals surface area contributed by atoms with Gasteiger partial charge in [-0.05, 0) is 176 Å². The maximum absolute atomic E-state index is 14.1. The molecule has 2 saturated heterocycles. The molecular formula is C53H72Cl3F3N20O3. The van der Waals surface area contributed by atoms with Gasteiger partial charge in [0.2, 0.25) is 51.5 Å². The maximum Gasteiger partial charge on any atom is 0.233 e. The molecule has 6 aromatic rings. The van der Waals surface area contributed by atoms with Crippen molar-refractivity contribution in [2.75, 3.05) is 107 Å². The first-order valence-electron chi connectivity index (χ1n) is 26.8. The molecular weight excluding hydrogens is 1130 g/mol. The highest BCUT2D eigenvalue weighted by Gasteiger charge is 2.27. The number of hydrogen-bond donors (Lipinski definition) is 7. The van der Waals surface area contributed by atoms with Crippen LogP contribution in [0.25, 0.3) is 0 Å². The summed E-state index contributed by atoms with van der Waals surface area (Å²) in [6.07, 6.45) is 11.5. The molecule has 0 unspecified atom stereocenters. The third kappa shape index (κ3) is 21.0. The number of anilines is 9. The second kappa shape index (κ2) is 30.6. The number of nitrogens with zero attached hydrogens (tertiary/aromatic N) is 13. The number of nitrogens with two attached hydrogens (primary N) is 2. The Balaban J connectivity index is 0.000000161. The number of ether oxygens (including phenoxy) is 3. The van der Waals surface area contributed by atoms with Crippen LogP contribution in [0.15, 0.2) is 54.6 Å². The minimum absolute atomic E-state index is 0.0496. The van der Waals surface area contributed by atoms with Crippen molar-refractivity contribution in [3.63, 3.8) is 0 Å². The molecule has 2 aliphatic heterocycles. The summed E-state index contributed by atoms with van der Waals surface area (Å²) in [4.78, 5) is 43.9. The number of nitrogens with one attached hydrogen (secondary N) is 5. The smallest absolute Gasteiger partial charge is 0.233 e. The highest BCUT2D eigenvalue weighted by Crippen LogP contribution is 2.30. The van der Waals surface area contributed by atoms with Crippen molar-refractivity contribution in [3.05, 3.63) is 87.9 Å². The van der Waals surface area contributed by atoms with E-state index in [2.05, 4.69) is 100 Å². The lowest BCUT2D eigenvalue weighted by atomic mass is 10.0. The van der Waals surface area contributed by atoms with Crippen LogP contribution in [0, 0.1) is 17.5 Å². The largest absolute Gasteiger partial charge is 0.494 e. The van der Waals surface area contributed by atoms with Gasteiger partial charge in [-0.1, -0.05) is 0 Å². The first-order chi connectivity index (χ1) is 39.3. The number of aromatic nitrogens is 9. The summed E-state index contributed by atoms with van der Waals surface area (Å²) in [6.45, 7) is 4.49. The van der Waals surface area contributed by atoms with Gasteiger partial charge in [-0.2, -0.15) is 44.9 Å². The molecule has 444 valence electrons. The van der Waals surface area contributed by atoms with E-state index in [4.69, 9.17) is 60.6 Å². The third-order valence-electron chi connectivity index (χ3n) is 13.3. The molecule has 5 fully saturated rings. The second-order valence-electron chi connectivity index (χ2n) is 20.2. The Kier molecular flexibility index (Phi) is 23.5. The van der Waals surface area contributed by atoms with Crippen LogP contribution in [0.5, 0.6) is 17.2 Å². The fourth-order valence-electron chi connectivity index (χ4n) is 7.98. The molecule has 3 aromatic heterocycles. The van der Waals surface area contributed by atoms with Crippen LogP contribution in [-0.2, 0) is 0 Å². The average molecular weight is 1200 g/mol. The van der Waals surface area contributed by atoms with Crippen molar-refractivity contribution in [2.24, 2.45) is 11.6 Å². The number of hydrogen-bond acceptors (Lipinski definition) is 23. The second-order valence-corrected chi connectivity index (χ2v) is 21.2. The summed E-state index contributed by atoms with van der Waals surface area (Å²) in [5.74, 6) is 7.08. The van der Waals surface area contributed by atoms with Gasteiger partial charge in [-0.25, -0.2) is 18.2 Å². The number of rotatable bonds is 16. The van der Waals surface area contributed by atoms with Gasteiger partial charge in [-0.15, -0.1) is 0 Å². The molecule has 11 rings (SSSR count). The maximum atomic E-state index is 14.1. The molecule has 0 spiro atoms. The molecule has 3 saturated carbocycles. The van der Waals surface area contributed by atoms with E-state index in [0.29, 0.717) is 71.1 Å². The lowest BCUT2D eigenvalue weighted by molar-refractivity contribution is 0.146. The molecule has 0 bridgehead atoms. The fraction of sp³-hybridized carbons (Fsp3) is 0.491. The monoisotopic (exact) mass is 1200 g/mol. The summed E-state index contributed by atoms with van der Waals surface area (Å²) in [7, 11) is 12.5. The minimum atomic E-state index is -0.506. The molecule has 0 amide bonds. The number of methoxy groups -OCH3 is 3. The number of hydrazine groups is 1. The van der Waals surface area contributed by atoms with Crippen LogP contribution < -0.4 is 57.3 Å². The molecule has 3 aromatic carbocycles. The van der Waals surface area contributed by atoms with Crippen LogP contribution >= 0.6 is 34.8 Å². The number of piperidine rings is 2. The normalized spacial score (nSPS) is 16.3. The molecule has 3 aliphatic carbocycles. The minimum Gasteiger partial charge on any atom is -0.494 e. The summed E-state index contributed by atoms with van der Waals surface area (Å²) in [5, 5.41) is 17.0. The van der Waals surface area contributed by atoms with E-state index < -0.39 is 17.5 Å². The van der Waals surface area contributed by atoms with Gasteiger partial charge >= 0.3 is 0 Å². The fourth-order valence-corrected chi connectivity index (χ4v) is 8.50.